The summed E-state index contributed by atoms with van der Waals surface area (Å²) in [5.74, 6) is -0.0491. The topological polar surface area (TPSA) is 99.6 Å². The number of furan rings is 1. The van der Waals surface area contributed by atoms with E-state index in [9.17, 15) is 13.2 Å². The minimum Gasteiger partial charge on any atom is -0.460 e. The molecule has 1 saturated carbocycles. The van der Waals surface area contributed by atoms with Crippen molar-refractivity contribution in [3.63, 3.8) is 0 Å². The van der Waals surface area contributed by atoms with Crippen molar-refractivity contribution in [2.75, 3.05) is 6.61 Å². The van der Waals surface area contributed by atoms with Gasteiger partial charge < -0.3 is 9.15 Å². The molecule has 1 aromatic heterocycles. The summed E-state index contributed by atoms with van der Waals surface area (Å²) in [7, 11) is -3.88. The van der Waals surface area contributed by atoms with E-state index in [0.717, 1.165) is 12.5 Å². The predicted octanol–water partition coefficient (Wildman–Crippen LogP) is 1.58. The maximum atomic E-state index is 11.7. The van der Waals surface area contributed by atoms with Gasteiger partial charge in [-0.05, 0) is 19.3 Å². The van der Waals surface area contributed by atoms with Crippen molar-refractivity contribution in [1.29, 1.82) is 0 Å². The molecule has 1 aliphatic rings. The fourth-order valence-corrected chi connectivity index (χ4v) is 2.73. The summed E-state index contributed by atoms with van der Waals surface area (Å²) in [5.41, 5.74) is 0. The Morgan fingerprint density at radius 2 is 2.21 bits per heavy atom. The van der Waals surface area contributed by atoms with Crippen molar-refractivity contribution < 1.29 is 22.4 Å². The molecular weight excluding hydrogens is 270 g/mol. The summed E-state index contributed by atoms with van der Waals surface area (Å²) in [5, 5.41) is 5.00. The first-order valence-corrected chi connectivity index (χ1v) is 7.73. The molecule has 19 heavy (non-hydrogen) atoms. The fraction of sp³-hybridized carbons (Fsp3) is 0.583. The van der Waals surface area contributed by atoms with E-state index in [2.05, 4.69) is 0 Å². The summed E-state index contributed by atoms with van der Waals surface area (Å²) in [6.07, 6.45) is 4.46. The van der Waals surface area contributed by atoms with Crippen LogP contribution in [0.4, 0.5) is 0 Å². The molecule has 0 aromatic carbocycles. The van der Waals surface area contributed by atoms with Crippen LogP contribution >= 0.6 is 0 Å². The van der Waals surface area contributed by atoms with Gasteiger partial charge in [-0.3, -0.25) is 0 Å². The summed E-state index contributed by atoms with van der Waals surface area (Å²) in [6.45, 7) is 1.76. The van der Waals surface area contributed by atoms with Crippen LogP contribution in [0.1, 0.15) is 42.0 Å². The molecule has 0 atom stereocenters. The first kappa shape index (κ1) is 14.1. The largest absolute Gasteiger partial charge is 0.460 e. The number of ether oxygens (including phenoxy) is 1. The van der Waals surface area contributed by atoms with Crippen LogP contribution in [0.2, 0.25) is 0 Å². The molecule has 1 fully saturated rings. The third kappa shape index (κ3) is 3.36. The van der Waals surface area contributed by atoms with E-state index >= 15 is 0 Å². The monoisotopic (exact) mass is 287 g/mol. The Bertz CT molecular complexity index is 571. The molecule has 2 N–H and O–H groups in total. The Labute approximate surface area is 112 Å². The van der Waals surface area contributed by atoms with Gasteiger partial charge in [-0.2, -0.15) is 0 Å². The van der Waals surface area contributed by atoms with Crippen molar-refractivity contribution in [3.05, 3.63) is 17.6 Å². The molecule has 0 bridgehead atoms. The Balaban J connectivity index is 1.95. The van der Waals surface area contributed by atoms with Gasteiger partial charge in [-0.25, -0.2) is 18.4 Å². The minimum atomic E-state index is -3.88. The summed E-state index contributed by atoms with van der Waals surface area (Å²) >= 11 is 0. The summed E-state index contributed by atoms with van der Waals surface area (Å²) in [6, 6.07) is 1.11. The van der Waals surface area contributed by atoms with Crippen LogP contribution < -0.4 is 5.14 Å². The van der Waals surface area contributed by atoms with E-state index in [0.29, 0.717) is 12.5 Å². The van der Waals surface area contributed by atoms with Crippen molar-refractivity contribution in [2.45, 2.75) is 37.5 Å². The number of hydrogen-bond donors (Lipinski definition) is 1. The lowest BCUT2D eigenvalue weighted by molar-refractivity contribution is 0.0427. The molecule has 0 aliphatic heterocycles. The van der Waals surface area contributed by atoms with Crippen molar-refractivity contribution >= 4 is 16.0 Å². The lowest BCUT2D eigenvalue weighted by atomic mass is 9.83. The van der Waals surface area contributed by atoms with Gasteiger partial charge in [0.1, 0.15) is 10.7 Å². The van der Waals surface area contributed by atoms with Crippen molar-refractivity contribution in [3.8, 4) is 0 Å². The lowest BCUT2D eigenvalue weighted by Gasteiger charge is -2.24. The molecule has 0 amide bonds. The van der Waals surface area contributed by atoms with Crippen LogP contribution in [0.15, 0.2) is 15.4 Å². The molecule has 6 nitrogen and oxygen atoms in total. The van der Waals surface area contributed by atoms with Gasteiger partial charge in [0, 0.05) is 6.07 Å². The number of aryl methyl sites for hydroxylation is 1. The molecule has 0 spiro atoms. The first-order chi connectivity index (χ1) is 8.88. The van der Waals surface area contributed by atoms with Gasteiger partial charge in [-0.15, -0.1) is 0 Å². The maximum absolute atomic E-state index is 11.7. The number of nitrogens with two attached hydrogens (primary N) is 1. The number of carbonyl (C=O) groups excluding carboxylic acids is 1. The maximum Gasteiger partial charge on any atom is 0.374 e. The Kier molecular flexibility index (Phi) is 3.96. The molecule has 0 saturated heterocycles. The van der Waals surface area contributed by atoms with Crippen molar-refractivity contribution in [1.82, 2.24) is 0 Å². The first-order valence-electron chi connectivity index (χ1n) is 6.18. The van der Waals surface area contributed by atoms with Crippen LogP contribution in [0.3, 0.4) is 0 Å². The second-order valence-electron chi connectivity index (χ2n) is 4.80. The Hall–Kier alpha value is -1.34. The second kappa shape index (κ2) is 5.34. The molecule has 7 heteroatoms. The van der Waals surface area contributed by atoms with E-state index in [1.807, 2.05) is 0 Å². The van der Waals surface area contributed by atoms with Crippen LogP contribution in [0, 0.1) is 12.8 Å². The molecule has 106 valence electrons. The zero-order valence-electron chi connectivity index (χ0n) is 10.7. The van der Waals surface area contributed by atoms with E-state index < -0.39 is 16.0 Å². The smallest absolute Gasteiger partial charge is 0.374 e. The minimum absolute atomic E-state index is 0.0912. The standard InChI is InChI=1S/C12H17NO5S/c1-8-11(19(13,15)16)7-10(18-8)12(14)17-6-5-9-3-2-4-9/h7,9H,2-6H2,1H3,(H2,13,15,16). The van der Waals surface area contributed by atoms with Crippen LogP contribution in [0.25, 0.3) is 0 Å². The summed E-state index contributed by atoms with van der Waals surface area (Å²) in [4.78, 5) is 11.5. The van der Waals surface area contributed by atoms with E-state index in [1.165, 1.54) is 26.2 Å². The SMILES string of the molecule is Cc1oc(C(=O)OCCC2CCC2)cc1S(N)(=O)=O. The van der Waals surface area contributed by atoms with Gasteiger partial charge in [0.15, 0.2) is 0 Å². The number of carbonyl (C=O) groups is 1. The molecule has 0 unspecified atom stereocenters. The second-order valence-corrected chi connectivity index (χ2v) is 6.33. The average Bonchev–Trinajstić information content (AvgIpc) is 2.63. The Morgan fingerprint density at radius 1 is 1.53 bits per heavy atom. The third-order valence-electron chi connectivity index (χ3n) is 3.36. The highest BCUT2D eigenvalue weighted by Gasteiger charge is 2.23. The highest BCUT2D eigenvalue weighted by Crippen LogP contribution is 2.29. The van der Waals surface area contributed by atoms with Crippen LogP contribution in [-0.4, -0.2) is 21.0 Å². The lowest BCUT2D eigenvalue weighted by Crippen LogP contribution is -2.15. The number of sulfonamides is 1. The van der Waals surface area contributed by atoms with Gasteiger partial charge in [0.05, 0.1) is 6.61 Å². The quantitative estimate of drug-likeness (QED) is 0.829. The summed E-state index contributed by atoms with van der Waals surface area (Å²) < 4.78 is 32.5. The highest BCUT2D eigenvalue weighted by atomic mass is 32.2. The van der Waals surface area contributed by atoms with Gasteiger partial charge >= 0.3 is 5.97 Å². The fourth-order valence-electron chi connectivity index (χ4n) is 2.02. The third-order valence-corrected chi connectivity index (χ3v) is 4.38. The van der Waals surface area contributed by atoms with Crippen LogP contribution in [0.5, 0.6) is 0 Å². The normalized spacial score (nSPS) is 16.1. The van der Waals surface area contributed by atoms with Gasteiger partial charge in [-0.1, -0.05) is 19.3 Å². The number of esters is 1. The molecular formula is C12H17NO5S. The molecule has 0 radical (unpaired) electrons. The molecule has 1 aromatic rings. The number of rotatable bonds is 5. The predicted molar refractivity (Wildman–Crippen MR) is 67.1 cm³/mol. The molecule has 1 aliphatic carbocycles. The zero-order valence-corrected chi connectivity index (χ0v) is 11.5. The van der Waals surface area contributed by atoms with E-state index in [-0.39, 0.29) is 16.4 Å². The van der Waals surface area contributed by atoms with Gasteiger partial charge in [0.2, 0.25) is 15.8 Å². The molecule has 2 rings (SSSR count). The van der Waals surface area contributed by atoms with E-state index in [1.54, 1.807) is 0 Å². The zero-order chi connectivity index (χ0) is 14.0. The average molecular weight is 287 g/mol. The molecule has 1 heterocycles. The van der Waals surface area contributed by atoms with Crippen LogP contribution in [-0.2, 0) is 14.8 Å². The van der Waals surface area contributed by atoms with E-state index in [4.69, 9.17) is 14.3 Å². The highest BCUT2D eigenvalue weighted by molar-refractivity contribution is 7.89. The number of hydrogen-bond acceptors (Lipinski definition) is 5. The van der Waals surface area contributed by atoms with Crippen molar-refractivity contribution in [2.24, 2.45) is 11.1 Å². The number of primary sulfonamides is 1. The van der Waals surface area contributed by atoms with Gasteiger partial charge in [0.25, 0.3) is 0 Å². The Morgan fingerprint density at radius 3 is 2.68 bits per heavy atom.